The average molecular weight is 230 g/mol. The molecule has 0 aliphatic heterocycles. The Morgan fingerprint density at radius 1 is 1.60 bits per heavy atom. The van der Waals surface area contributed by atoms with E-state index in [-0.39, 0.29) is 5.91 Å². The number of nitrogens with one attached hydrogen (secondary N) is 1. The Morgan fingerprint density at radius 2 is 2.33 bits per heavy atom. The standard InChI is InChI=1S/C8H10N2O4S/c1-5(11)10-6-2-3-7(9)8(4-6)15-14-13-12/h2-4,12H,9H2,1H3,(H,10,11). The van der Waals surface area contributed by atoms with E-state index in [4.69, 9.17) is 11.0 Å². The van der Waals surface area contributed by atoms with Gasteiger partial charge < -0.3 is 11.1 Å². The van der Waals surface area contributed by atoms with E-state index >= 15 is 0 Å². The molecule has 0 aliphatic rings. The molecule has 0 aromatic heterocycles. The van der Waals surface area contributed by atoms with E-state index in [0.29, 0.717) is 16.3 Å². The number of hydrogen-bond donors (Lipinski definition) is 3. The first-order valence-corrected chi connectivity index (χ1v) is 4.69. The minimum Gasteiger partial charge on any atom is -0.398 e. The zero-order chi connectivity index (χ0) is 11.3. The fourth-order valence-corrected chi connectivity index (χ4v) is 1.38. The zero-order valence-electron chi connectivity index (χ0n) is 7.89. The van der Waals surface area contributed by atoms with Crippen molar-refractivity contribution in [1.82, 2.24) is 0 Å². The van der Waals surface area contributed by atoms with Gasteiger partial charge in [-0.25, -0.2) is 5.26 Å². The molecule has 0 saturated carbocycles. The van der Waals surface area contributed by atoms with Gasteiger partial charge in [0.15, 0.2) is 0 Å². The van der Waals surface area contributed by atoms with E-state index in [2.05, 4.69) is 14.7 Å². The van der Waals surface area contributed by atoms with Crippen LogP contribution >= 0.6 is 12.0 Å². The van der Waals surface area contributed by atoms with Crippen molar-refractivity contribution in [3.63, 3.8) is 0 Å². The van der Waals surface area contributed by atoms with Crippen molar-refractivity contribution in [2.75, 3.05) is 11.1 Å². The van der Waals surface area contributed by atoms with Crippen LogP contribution in [0.25, 0.3) is 0 Å². The molecule has 0 heterocycles. The van der Waals surface area contributed by atoms with Crippen LogP contribution in [0.1, 0.15) is 6.92 Å². The first-order chi connectivity index (χ1) is 7.13. The smallest absolute Gasteiger partial charge is 0.221 e. The number of carbonyl (C=O) groups is 1. The molecule has 0 bridgehead atoms. The highest BCUT2D eigenvalue weighted by Crippen LogP contribution is 2.28. The monoisotopic (exact) mass is 230 g/mol. The summed E-state index contributed by atoms with van der Waals surface area (Å²) in [7, 11) is 0. The highest BCUT2D eigenvalue weighted by Gasteiger charge is 2.04. The second kappa shape index (κ2) is 5.56. The Hall–Kier alpha value is -1.28. The highest BCUT2D eigenvalue weighted by molar-refractivity contribution is 7.94. The minimum atomic E-state index is -0.185. The quantitative estimate of drug-likeness (QED) is 0.315. The summed E-state index contributed by atoms with van der Waals surface area (Å²) < 4.78 is 4.24. The Balaban J connectivity index is 2.79. The van der Waals surface area contributed by atoms with Crippen molar-refractivity contribution in [2.45, 2.75) is 11.8 Å². The Morgan fingerprint density at radius 3 is 2.93 bits per heavy atom. The lowest BCUT2D eigenvalue weighted by Gasteiger charge is -2.06. The Bertz CT molecular complexity index is 358. The summed E-state index contributed by atoms with van der Waals surface area (Å²) >= 11 is 0.740. The second-order valence-electron chi connectivity index (χ2n) is 2.66. The van der Waals surface area contributed by atoms with Gasteiger partial charge in [-0.3, -0.25) is 4.79 Å². The number of benzene rings is 1. The van der Waals surface area contributed by atoms with Gasteiger partial charge in [-0.1, -0.05) is 5.04 Å². The van der Waals surface area contributed by atoms with Crippen molar-refractivity contribution < 1.29 is 19.4 Å². The first-order valence-electron chi connectivity index (χ1n) is 3.95. The molecule has 0 radical (unpaired) electrons. The van der Waals surface area contributed by atoms with Crippen LogP contribution < -0.4 is 11.1 Å². The van der Waals surface area contributed by atoms with E-state index in [1.165, 1.54) is 6.92 Å². The summed E-state index contributed by atoms with van der Waals surface area (Å²) in [6.07, 6.45) is 0. The number of amides is 1. The van der Waals surface area contributed by atoms with E-state index < -0.39 is 0 Å². The summed E-state index contributed by atoms with van der Waals surface area (Å²) in [5, 5.41) is 14.0. The van der Waals surface area contributed by atoms with E-state index in [1.54, 1.807) is 18.2 Å². The zero-order valence-corrected chi connectivity index (χ0v) is 8.71. The molecular weight excluding hydrogens is 220 g/mol. The lowest BCUT2D eigenvalue weighted by molar-refractivity contribution is -0.432. The number of hydrogen-bond acceptors (Lipinski definition) is 6. The van der Waals surface area contributed by atoms with Gasteiger partial charge in [-0.2, -0.15) is 0 Å². The number of anilines is 2. The first kappa shape index (κ1) is 11.8. The molecule has 0 spiro atoms. The van der Waals surface area contributed by atoms with Gasteiger partial charge in [0.2, 0.25) is 5.91 Å². The predicted octanol–water partition coefficient (Wildman–Crippen LogP) is 1.66. The van der Waals surface area contributed by atoms with Crippen molar-refractivity contribution >= 4 is 29.3 Å². The van der Waals surface area contributed by atoms with Crippen molar-refractivity contribution in [3.05, 3.63) is 18.2 Å². The molecule has 1 aromatic carbocycles. The molecule has 6 nitrogen and oxygen atoms in total. The number of nitrogens with two attached hydrogens (primary N) is 1. The van der Waals surface area contributed by atoms with Crippen LogP contribution in [0.3, 0.4) is 0 Å². The summed E-state index contributed by atoms with van der Waals surface area (Å²) in [5.74, 6) is -0.185. The molecular formula is C8H10N2O4S. The van der Waals surface area contributed by atoms with Crippen LogP contribution in [0.15, 0.2) is 23.1 Å². The van der Waals surface area contributed by atoms with Gasteiger partial charge in [0.25, 0.3) is 0 Å². The fraction of sp³-hybridized carbons (Fsp3) is 0.125. The van der Waals surface area contributed by atoms with Crippen molar-refractivity contribution in [2.24, 2.45) is 0 Å². The van der Waals surface area contributed by atoms with Crippen molar-refractivity contribution in [1.29, 1.82) is 0 Å². The maximum absolute atomic E-state index is 10.8. The van der Waals surface area contributed by atoms with Crippen molar-refractivity contribution in [3.8, 4) is 0 Å². The molecule has 4 N–H and O–H groups in total. The van der Waals surface area contributed by atoms with Gasteiger partial charge in [0.1, 0.15) is 0 Å². The largest absolute Gasteiger partial charge is 0.398 e. The van der Waals surface area contributed by atoms with E-state index in [1.807, 2.05) is 0 Å². The molecule has 1 rings (SSSR count). The molecule has 7 heteroatoms. The lowest BCUT2D eigenvalue weighted by atomic mass is 10.3. The topological polar surface area (TPSA) is 93.8 Å². The Labute approximate surface area is 90.4 Å². The van der Waals surface area contributed by atoms with Gasteiger partial charge in [-0.05, 0) is 18.2 Å². The third-order valence-electron chi connectivity index (χ3n) is 1.49. The summed E-state index contributed by atoms with van der Waals surface area (Å²) in [6.45, 7) is 1.40. The van der Waals surface area contributed by atoms with E-state index in [9.17, 15) is 4.79 Å². The summed E-state index contributed by atoms with van der Waals surface area (Å²) in [6, 6.07) is 4.86. The molecule has 0 fully saturated rings. The Kier molecular flexibility index (Phi) is 4.37. The molecule has 82 valence electrons. The van der Waals surface area contributed by atoms with E-state index in [0.717, 1.165) is 12.0 Å². The third-order valence-corrected chi connectivity index (χ3v) is 2.15. The average Bonchev–Trinajstić information content (AvgIpc) is 2.18. The van der Waals surface area contributed by atoms with Gasteiger partial charge >= 0.3 is 0 Å². The van der Waals surface area contributed by atoms with Crippen LogP contribution in [0, 0.1) is 0 Å². The minimum absolute atomic E-state index is 0.185. The molecule has 0 atom stereocenters. The molecule has 0 unspecified atom stereocenters. The lowest BCUT2D eigenvalue weighted by Crippen LogP contribution is -2.06. The third kappa shape index (κ3) is 3.76. The van der Waals surface area contributed by atoms with Crippen LogP contribution in [-0.4, -0.2) is 11.2 Å². The molecule has 1 aromatic rings. The highest BCUT2D eigenvalue weighted by atomic mass is 32.2. The predicted molar refractivity (Wildman–Crippen MR) is 55.8 cm³/mol. The van der Waals surface area contributed by atoms with Gasteiger partial charge in [0.05, 0.1) is 16.9 Å². The maximum atomic E-state index is 10.8. The number of rotatable bonds is 4. The van der Waals surface area contributed by atoms with Crippen LogP contribution in [0.4, 0.5) is 11.4 Å². The van der Waals surface area contributed by atoms with Crippen LogP contribution in [-0.2, 0) is 14.2 Å². The normalized spacial score (nSPS) is 10.0. The SMILES string of the molecule is CC(=O)Nc1ccc(N)c(SOOO)c1. The van der Waals surface area contributed by atoms with Crippen LogP contribution in [0.5, 0.6) is 0 Å². The molecule has 0 saturated heterocycles. The van der Waals surface area contributed by atoms with Crippen LogP contribution in [0.2, 0.25) is 0 Å². The summed E-state index contributed by atoms with van der Waals surface area (Å²) in [5.41, 5.74) is 6.64. The van der Waals surface area contributed by atoms with Gasteiger partial charge in [-0.15, -0.1) is 4.33 Å². The number of nitrogen functional groups attached to an aromatic ring is 1. The molecule has 0 aliphatic carbocycles. The number of carbonyl (C=O) groups excluding carboxylic acids is 1. The van der Waals surface area contributed by atoms with Gasteiger partial charge in [0, 0.05) is 18.3 Å². The fourth-order valence-electron chi connectivity index (χ4n) is 0.939. The maximum Gasteiger partial charge on any atom is 0.221 e. The summed E-state index contributed by atoms with van der Waals surface area (Å²) in [4.78, 5) is 11.3. The second-order valence-corrected chi connectivity index (χ2v) is 3.40. The molecule has 15 heavy (non-hydrogen) atoms. The molecule has 1 amide bonds.